The van der Waals surface area contributed by atoms with Crippen molar-refractivity contribution in [2.75, 3.05) is 0 Å². The summed E-state index contributed by atoms with van der Waals surface area (Å²) in [7, 11) is 0. The Balaban J connectivity index is 2.27. The molecular weight excluding hydrogens is 364 g/mol. The molecule has 0 radical (unpaired) electrons. The average Bonchev–Trinajstić information content (AvgIpc) is 2.65. The maximum atomic E-state index is 4.77. The van der Waals surface area contributed by atoms with Crippen LogP contribution >= 0.6 is 0 Å². The smallest absolute Gasteiger partial charge is 0.0708 e. The molecule has 0 atom stereocenters. The van der Waals surface area contributed by atoms with Crippen LogP contribution in [0.2, 0.25) is 0 Å². The maximum absolute atomic E-state index is 4.77. The van der Waals surface area contributed by atoms with E-state index in [1.807, 2.05) is 12.4 Å². The zero-order chi connectivity index (χ0) is 22.3. The maximum Gasteiger partial charge on any atom is 0.0708 e. The van der Waals surface area contributed by atoms with E-state index < -0.39 is 0 Å². The summed E-state index contributed by atoms with van der Waals surface area (Å²) in [5.74, 6) is 0. The van der Waals surface area contributed by atoms with Crippen molar-refractivity contribution in [3.63, 3.8) is 0 Å². The van der Waals surface area contributed by atoms with E-state index in [0.29, 0.717) is 0 Å². The third-order valence-electron chi connectivity index (χ3n) is 5.62. The van der Waals surface area contributed by atoms with Crippen molar-refractivity contribution in [2.45, 2.75) is 78.6 Å². The molecule has 3 aromatic rings. The van der Waals surface area contributed by atoms with Crippen molar-refractivity contribution < 1.29 is 0 Å². The zero-order valence-electron chi connectivity index (χ0n) is 20.1. The van der Waals surface area contributed by atoms with Gasteiger partial charge in [0.05, 0.1) is 11.4 Å². The fraction of sp³-hybridized carbons (Fsp3) is 0.429. The normalized spacial score (nSPS) is 12.8. The van der Waals surface area contributed by atoms with Crippen molar-refractivity contribution in [2.24, 2.45) is 0 Å². The molecule has 0 amide bonds. The van der Waals surface area contributed by atoms with E-state index in [9.17, 15) is 0 Å². The summed E-state index contributed by atoms with van der Waals surface area (Å²) in [6, 6.07) is 15.3. The van der Waals surface area contributed by atoms with E-state index in [2.05, 4.69) is 105 Å². The highest BCUT2D eigenvalue weighted by Crippen LogP contribution is 2.40. The van der Waals surface area contributed by atoms with Gasteiger partial charge in [0.2, 0.25) is 0 Å². The van der Waals surface area contributed by atoms with Crippen LogP contribution < -0.4 is 0 Å². The van der Waals surface area contributed by atoms with Crippen LogP contribution in [0, 0.1) is 0 Å². The van der Waals surface area contributed by atoms with Gasteiger partial charge in [0, 0.05) is 23.5 Å². The van der Waals surface area contributed by atoms with Crippen LogP contribution in [0.15, 0.2) is 54.9 Å². The number of nitrogens with zero attached hydrogens (tertiary/aromatic N) is 2. The minimum absolute atomic E-state index is 0.0508. The lowest BCUT2D eigenvalue weighted by Gasteiger charge is -2.27. The monoisotopic (exact) mass is 400 g/mol. The van der Waals surface area contributed by atoms with Crippen LogP contribution in [0.4, 0.5) is 0 Å². The van der Waals surface area contributed by atoms with Gasteiger partial charge < -0.3 is 0 Å². The molecule has 3 rings (SSSR count). The van der Waals surface area contributed by atoms with Gasteiger partial charge >= 0.3 is 0 Å². The average molecular weight is 401 g/mol. The second-order valence-corrected chi connectivity index (χ2v) is 11.3. The van der Waals surface area contributed by atoms with Crippen molar-refractivity contribution >= 4 is 0 Å². The molecule has 0 bridgehead atoms. The van der Waals surface area contributed by atoms with Crippen LogP contribution in [0.5, 0.6) is 0 Å². The second-order valence-electron chi connectivity index (χ2n) is 11.3. The van der Waals surface area contributed by atoms with Crippen molar-refractivity contribution in [1.82, 2.24) is 9.97 Å². The summed E-state index contributed by atoms with van der Waals surface area (Å²) < 4.78 is 0. The van der Waals surface area contributed by atoms with Crippen molar-refractivity contribution in [3.8, 4) is 22.5 Å². The molecule has 0 spiro atoms. The molecule has 1 aromatic carbocycles. The lowest BCUT2D eigenvalue weighted by atomic mass is 9.77. The van der Waals surface area contributed by atoms with Gasteiger partial charge in [0.25, 0.3) is 0 Å². The number of hydrogen-bond donors (Lipinski definition) is 0. The lowest BCUT2D eigenvalue weighted by molar-refractivity contribution is 0.587. The molecule has 0 aliphatic heterocycles. The number of aromatic nitrogens is 2. The predicted molar refractivity (Wildman–Crippen MR) is 129 cm³/mol. The Kier molecular flexibility index (Phi) is 5.66. The van der Waals surface area contributed by atoms with Crippen LogP contribution in [-0.4, -0.2) is 9.97 Å². The van der Waals surface area contributed by atoms with Gasteiger partial charge in [-0.15, -0.1) is 0 Å². The highest BCUT2D eigenvalue weighted by Gasteiger charge is 2.26. The summed E-state index contributed by atoms with van der Waals surface area (Å²) in [4.78, 5) is 9.54. The van der Waals surface area contributed by atoms with Gasteiger partial charge in [-0.2, -0.15) is 0 Å². The van der Waals surface area contributed by atoms with E-state index in [-0.39, 0.29) is 16.2 Å². The first kappa shape index (κ1) is 22.2. The quantitative estimate of drug-likeness (QED) is 0.440. The number of benzene rings is 1. The Morgan fingerprint density at radius 1 is 0.533 bits per heavy atom. The van der Waals surface area contributed by atoms with Crippen molar-refractivity contribution in [1.29, 1.82) is 0 Å². The fourth-order valence-electron chi connectivity index (χ4n) is 3.88. The number of pyridine rings is 2. The third-order valence-corrected chi connectivity index (χ3v) is 5.62. The second kappa shape index (κ2) is 7.65. The predicted octanol–water partition coefficient (Wildman–Crippen LogP) is 7.70. The summed E-state index contributed by atoms with van der Waals surface area (Å²) >= 11 is 0. The molecule has 0 aliphatic rings. The number of rotatable bonds is 2. The Morgan fingerprint density at radius 2 is 0.933 bits per heavy atom. The largest absolute Gasteiger partial charge is 0.256 e. The zero-order valence-corrected chi connectivity index (χ0v) is 20.1. The topological polar surface area (TPSA) is 25.8 Å². The first-order valence-corrected chi connectivity index (χ1v) is 10.9. The molecule has 0 aliphatic carbocycles. The summed E-state index contributed by atoms with van der Waals surface area (Å²) in [6.45, 7) is 20.3. The lowest BCUT2D eigenvalue weighted by Crippen LogP contribution is -2.16. The first-order valence-electron chi connectivity index (χ1n) is 10.9. The van der Waals surface area contributed by atoms with E-state index >= 15 is 0 Å². The number of hydrogen-bond acceptors (Lipinski definition) is 2. The summed E-state index contributed by atoms with van der Waals surface area (Å²) in [6.07, 6.45) is 3.88. The van der Waals surface area contributed by atoms with E-state index in [1.54, 1.807) is 0 Å². The molecular formula is C28H36N2. The van der Waals surface area contributed by atoms with E-state index in [1.165, 1.54) is 27.8 Å². The van der Waals surface area contributed by atoms with Gasteiger partial charge in [0.1, 0.15) is 0 Å². The highest BCUT2D eigenvalue weighted by molar-refractivity contribution is 5.78. The SMILES string of the molecule is CC(C)(C)c1ccnc(-c2cccc(-c3cc(C(C)(C)C)ccn3)c2C(C)(C)C)c1. The molecule has 2 heterocycles. The Labute approximate surface area is 182 Å². The van der Waals surface area contributed by atoms with Gasteiger partial charge in [-0.25, -0.2) is 0 Å². The molecule has 0 unspecified atom stereocenters. The highest BCUT2D eigenvalue weighted by atomic mass is 14.7. The van der Waals surface area contributed by atoms with E-state index in [4.69, 9.17) is 9.97 Å². The Morgan fingerprint density at radius 3 is 1.27 bits per heavy atom. The minimum Gasteiger partial charge on any atom is -0.256 e. The standard InChI is InChI=1S/C28H36N2/c1-26(2,3)19-13-15-29-23(17-19)21-11-10-12-22(25(21)28(7,8)9)24-18-20(14-16-30-24)27(4,5)6/h10-18H,1-9H3. The fourth-order valence-corrected chi connectivity index (χ4v) is 3.88. The molecule has 0 N–H and O–H groups in total. The summed E-state index contributed by atoms with van der Waals surface area (Å²) in [5, 5.41) is 0. The van der Waals surface area contributed by atoms with Crippen molar-refractivity contribution in [3.05, 3.63) is 71.5 Å². The molecule has 2 heteroatoms. The first-order chi connectivity index (χ1) is 13.8. The molecule has 2 aromatic heterocycles. The third kappa shape index (κ3) is 4.64. The van der Waals surface area contributed by atoms with E-state index in [0.717, 1.165) is 11.4 Å². The molecule has 0 fully saturated rings. The van der Waals surface area contributed by atoms with Crippen LogP contribution in [0.25, 0.3) is 22.5 Å². The minimum atomic E-state index is -0.0508. The van der Waals surface area contributed by atoms with Gasteiger partial charge in [-0.3, -0.25) is 9.97 Å². The van der Waals surface area contributed by atoms with Gasteiger partial charge in [0.15, 0.2) is 0 Å². The molecule has 30 heavy (non-hydrogen) atoms. The van der Waals surface area contributed by atoms with Crippen LogP contribution in [-0.2, 0) is 16.2 Å². The van der Waals surface area contributed by atoms with Gasteiger partial charge in [-0.1, -0.05) is 80.5 Å². The van der Waals surface area contributed by atoms with Crippen LogP contribution in [0.3, 0.4) is 0 Å². The Hall–Kier alpha value is -2.48. The Bertz CT molecular complexity index is 965. The van der Waals surface area contributed by atoms with Crippen LogP contribution in [0.1, 0.15) is 79.0 Å². The molecule has 0 saturated heterocycles. The summed E-state index contributed by atoms with van der Waals surface area (Å²) in [5.41, 5.74) is 8.44. The molecule has 158 valence electrons. The molecule has 0 saturated carbocycles. The van der Waals surface area contributed by atoms with Gasteiger partial charge in [-0.05, 0) is 57.2 Å². The molecule has 2 nitrogen and oxygen atoms in total.